The zero-order valence-corrected chi connectivity index (χ0v) is 13.7. The highest BCUT2D eigenvalue weighted by Gasteiger charge is 2.46. The minimum atomic E-state index is 0.346. The number of fused-ring (bicyclic) bond motifs is 1. The van der Waals surface area contributed by atoms with Gasteiger partial charge in [0.25, 0.3) is 0 Å². The second kappa shape index (κ2) is 7.47. The fraction of sp³-hybridized carbons (Fsp3) is 0.944. The van der Waals surface area contributed by atoms with Crippen molar-refractivity contribution in [3.63, 3.8) is 0 Å². The molecule has 2 fully saturated rings. The third kappa shape index (κ3) is 3.56. The molecular formula is C18H33NO. The molecule has 1 heterocycles. The molecule has 2 rings (SSSR count). The largest absolute Gasteiger partial charge is 0.342 e. The van der Waals surface area contributed by atoms with Gasteiger partial charge in [-0.05, 0) is 37.0 Å². The van der Waals surface area contributed by atoms with Crippen molar-refractivity contribution < 1.29 is 4.79 Å². The molecule has 20 heavy (non-hydrogen) atoms. The van der Waals surface area contributed by atoms with Gasteiger partial charge >= 0.3 is 0 Å². The van der Waals surface area contributed by atoms with E-state index in [4.69, 9.17) is 0 Å². The van der Waals surface area contributed by atoms with Gasteiger partial charge in [-0.1, -0.05) is 52.9 Å². The monoisotopic (exact) mass is 279 g/mol. The summed E-state index contributed by atoms with van der Waals surface area (Å²) in [4.78, 5) is 14.8. The van der Waals surface area contributed by atoms with Crippen LogP contribution in [0.5, 0.6) is 0 Å². The molecule has 116 valence electrons. The molecule has 2 aliphatic rings. The van der Waals surface area contributed by atoms with Crippen molar-refractivity contribution in [3.8, 4) is 0 Å². The van der Waals surface area contributed by atoms with Gasteiger partial charge in [0.05, 0.1) is 0 Å². The van der Waals surface area contributed by atoms with Gasteiger partial charge in [0, 0.05) is 19.0 Å². The summed E-state index contributed by atoms with van der Waals surface area (Å²) in [6.45, 7) is 8.92. The summed E-state index contributed by atoms with van der Waals surface area (Å²) in [6.07, 6.45) is 10.4. The highest BCUT2D eigenvalue weighted by molar-refractivity contribution is 5.80. The van der Waals surface area contributed by atoms with Crippen LogP contribution in [0.1, 0.15) is 72.1 Å². The van der Waals surface area contributed by atoms with Crippen LogP contribution in [0.4, 0.5) is 0 Å². The van der Waals surface area contributed by atoms with E-state index in [1.807, 2.05) is 0 Å². The second-order valence-corrected chi connectivity index (χ2v) is 7.27. The first-order chi connectivity index (χ1) is 9.65. The van der Waals surface area contributed by atoms with Gasteiger partial charge < -0.3 is 4.90 Å². The molecule has 1 aliphatic heterocycles. The number of amides is 1. The molecule has 0 bridgehead atoms. The number of unbranched alkanes of at least 4 members (excludes halogenated alkanes) is 5. The van der Waals surface area contributed by atoms with Crippen molar-refractivity contribution in [2.75, 3.05) is 13.1 Å². The van der Waals surface area contributed by atoms with E-state index in [0.717, 1.165) is 13.1 Å². The summed E-state index contributed by atoms with van der Waals surface area (Å²) in [7, 11) is 0. The normalized spacial score (nSPS) is 33.5. The number of nitrogens with zero attached hydrogens (tertiary/aromatic N) is 1. The maximum Gasteiger partial charge on any atom is 0.226 e. The zero-order valence-electron chi connectivity index (χ0n) is 13.7. The summed E-state index contributed by atoms with van der Waals surface area (Å²) in [5, 5.41) is 0. The standard InChI is InChI=1S/C18H33NO/c1-4-5-6-7-8-9-12-19-13-15(3)16-11-10-14(2)17(16)18(19)20/h14-17H,4-13H2,1-3H3/t14-,15+,16+,17+/m0/s1. The fourth-order valence-electron chi connectivity index (χ4n) is 4.37. The number of hydrogen-bond donors (Lipinski definition) is 0. The van der Waals surface area contributed by atoms with Crippen molar-refractivity contribution in [1.82, 2.24) is 4.90 Å². The smallest absolute Gasteiger partial charge is 0.226 e. The SMILES string of the molecule is CCCCCCCCN1C[C@@H](C)[C@H]2CC[C@H](C)[C@H]2C1=O. The lowest BCUT2D eigenvalue weighted by Crippen LogP contribution is -2.49. The number of hydrogen-bond acceptors (Lipinski definition) is 1. The van der Waals surface area contributed by atoms with Crippen LogP contribution in [-0.4, -0.2) is 23.9 Å². The second-order valence-electron chi connectivity index (χ2n) is 7.27. The van der Waals surface area contributed by atoms with Crippen molar-refractivity contribution in [1.29, 1.82) is 0 Å². The van der Waals surface area contributed by atoms with E-state index in [1.54, 1.807) is 0 Å². The first kappa shape index (κ1) is 15.9. The summed E-state index contributed by atoms with van der Waals surface area (Å²) in [6, 6.07) is 0. The number of carbonyl (C=O) groups excluding carboxylic acids is 1. The molecule has 2 heteroatoms. The van der Waals surface area contributed by atoms with Crippen LogP contribution < -0.4 is 0 Å². The van der Waals surface area contributed by atoms with Crippen molar-refractivity contribution >= 4 is 5.91 Å². The maximum absolute atomic E-state index is 12.7. The Balaban J connectivity index is 1.76. The number of likely N-dealkylation sites (tertiary alicyclic amines) is 1. The molecule has 1 aliphatic carbocycles. The fourth-order valence-corrected chi connectivity index (χ4v) is 4.37. The topological polar surface area (TPSA) is 20.3 Å². The third-order valence-electron chi connectivity index (χ3n) is 5.65. The van der Waals surface area contributed by atoms with Crippen LogP contribution in [0.25, 0.3) is 0 Å². The Morgan fingerprint density at radius 2 is 1.70 bits per heavy atom. The number of piperidine rings is 1. The van der Waals surface area contributed by atoms with Gasteiger partial charge in [-0.15, -0.1) is 0 Å². The first-order valence-corrected chi connectivity index (χ1v) is 8.94. The molecule has 2 nitrogen and oxygen atoms in total. The Kier molecular flexibility index (Phi) is 5.92. The molecule has 0 N–H and O–H groups in total. The molecule has 0 aromatic carbocycles. The molecule has 0 aromatic rings. The molecule has 1 amide bonds. The highest BCUT2D eigenvalue weighted by atomic mass is 16.2. The maximum atomic E-state index is 12.7. The van der Waals surface area contributed by atoms with Crippen molar-refractivity contribution in [3.05, 3.63) is 0 Å². The average molecular weight is 279 g/mol. The molecule has 0 aromatic heterocycles. The molecule has 1 saturated heterocycles. The molecule has 0 spiro atoms. The lowest BCUT2D eigenvalue weighted by atomic mass is 9.78. The third-order valence-corrected chi connectivity index (χ3v) is 5.65. The van der Waals surface area contributed by atoms with Gasteiger partial charge in [-0.3, -0.25) is 4.79 Å². The van der Waals surface area contributed by atoms with E-state index < -0.39 is 0 Å². The Labute approximate surface area is 125 Å². The lowest BCUT2D eigenvalue weighted by molar-refractivity contribution is -0.144. The van der Waals surface area contributed by atoms with Crippen LogP contribution in [0.2, 0.25) is 0 Å². The van der Waals surface area contributed by atoms with Crippen molar-refractivity contribution in [2.45, 2.75) is 72.1 Å². The van der Waals surface area contributed by atoms with Crippen LogP contribution in [0.15, 0.2) is 0 Å². The number of carbonyl (C=O) groups is 1. The van der Waals surface area contributed by atoms with E-state index >= 15 is 0 Å². The zero-order chi connectivity index (χ0) is 14.5. The van der Waals surface area contributed by atoms with Crippen molar-refractivity contribution in [2.24, 2.45) is 23.7 Å². The first-order valence-electron chi connectivity index (χ1n) is 8.94. The Bertz CT molecular complexity index is 315. The van der Waals surface area contributed by atoms with Gasteiger partial charge in [-0.2, -0.15) is 0 Å². The summed E-state index contributed by atoms with van der Waals surface area (Å²) in [5.74, 6) is 2.83. The quantitative estimate of drug-likeness (QED) is 0.629. The Morgan fingerprint density at radius 3 is 2.45 bits per heavy atom. The summed E-state index contributed by atoms with van der Waals surface area (Å²) < 4.78 is 0. The van der Waals surface area contributed by atoms with Crippen LogP contribution in [0.3, 0.4) is 0 Å². The van der Waals surface area contributed by atoms with Gasteiger partial charge in [0.15, 0.2) is 0 Å². The Morgan fingerprint density at radius 1 is 1.00 bits per heavy atom. The van der Waals surface area contributed by atoms with E-state index in [9.17, 15) is 4.79 Å². The van der Waals surface area contributed by atoms with Crippen LogP contribution >= 0.6 is 0 Å². The van der Waals surface area contributed by atoms with Gasteiger partial charge in [-0.25, -0.2) is 0 Å². The summed E-state index contributed by atoms with van der Waals surface area (Å²) in [5.41, 5.74) is 0. The van der Waals surface area contributed by atoms with Gasteiger partial charge in [0.1, 0.15) is 0 Å². The predicted molar refractivity (Wildman–Crippen MR) is 84.5 cm³/mol. The minimum Gasteiger partial charge on any atom is -0.342 e. The average Bonchev–Trinajstić information content (AvgIpc) is 2.82. The molecular weight excluding hydrogens is 246 g/mol. The highest BCUT2D eigenvalue weighted by Crippen LogP contribution is 2.45. The van der Waals surface area contributed by atoms with E-state index in [-0.39, 0.29) is 0 Å². The van der Waals surface area contributed by atoms with Gasteiger partial charge in [0.2, 0.25) is 5.91 Å². The number of rotatable bonds is 7. The Hall–Kier alpha value is -0.530. The minimum absolute atomic E-state index is 0.346. The van der Waals surface area contributed by atoms with Crippen LogP contribution in [-0.2, 0) is 4.79 Å². The predicted octanol–water partition coefficient (Wildman–Crippen LogP) is 4.49. The lowest BCUT2D eigenvalue weighted by Gasteiger charge is -2.40. The molecule has 0 radical (unpaired) electrons. The van der Waals surface area contributed by atoms with E-state index in [1.165, 1.54) is 51.4 Å². The summed E-state index contributed by atoms with van der Waals surface area (Å²) >= 11 is 0. The van der Waals surface area contributed by atoms with E-state index in [0.29, 0.717) is 29.6 Å². The van der Waals surface area contributed by atoms with E-state index in [2.05, 4.69) is 25.7 Å². The molecule has 4 atom stereocenters. The molecule has 1 saturated carbocycles. The van der Waals surface area contributed by atoms with Crippen LogP contribution in [0, 0.1) is 23.7 Å². The molecule has 0 unspecified atom stereocenters.